The van der Waals surface area contributed by atoms with Gasteiger partial charge in [-0.1, -0.05) is 0 Å². The molecular formula is C8H15F3N2O2. The number of hydrogen-bond donors (Lipinski definition) is 2. The van der Waals surface area contributed by atoms with Crippen molar-refractivity contribution in [3.63, 3.8) is 0 Å². The third-order valence-corrected chi connectivity index (χ3v) is 1.74. The van der Waals surface area contributed by atoms with Gasteiger partial charge in [-0.15, -0.1) is 0 Å². The summed E-state index contributed by atoms with van der Waals surface area (Å²) in [5.41, 5.74) is 0. The normalized spacial score (nSPS) is 11.9. The van der Waals surface area contributed by atoms with Crippen LogP contribution < -0.4 is 5.32 Å². The van der Waals surface area contributed by atoms with Crippen molar-refractivity contribution in [1.29, 1.82) is 0 Å². The minimum Gasteiger partial charge on any atom is -0.395 e. The van der Waals surface area contributed by atoms with E-state index in [-0.39, 0.29) is 13.2 Å². The van der Waals surface area contributed by atoms with E-state index in [1.54, 1.807) is 17.3 Å². The Kier molecular flexibility index (Phi) is 6.26. The van der Waals surface area contributed by atoms with Gasteiger partial charge in [0.1, 0.15) is 0 Å². The van der Waals surface area contributed by atoms with Crippen molar-refractivity contribution in [2.24, 2.45) is 0 Å². The number of likely N-dealkylation sites (N-methyl/N-ethyl adjacent to an activating group) is 1. The first-order chi connectivity index (χ1) is 6.88. The summed E-state index contributed by atoms with van der Waals surface area (Å²) in [5.74, 6) is -1.91. The van der Waals surface area contributed by atoms with Crippen molar-refractivity contribution in [3.05, 3.63) is 0 Å². The van der Waals surface area contributed by atoms with Gasteiger partial charge >= 0.3 is 12.1 Å². The van der Waals surface area contributed by atoms with Crippen LogP contribution in [0.2, 0.25) is 0 Å². The van der Waals surface area contributed by atoms with E-state index in [2.05, 4.69) is 0 Å². The lowest BCUT2D eigenvalue weighted by Crippen LogP contribution is -2.38. The summed E-state index contributed by atoms with van der Waals surface area (Å²) in [7, 11) is 1.74. The molecule has 0 aromatic rings. The van der Waals surface area contributed by atoms with Crippen LogP contribution in [0.4, 0.5) is 13.2 Å². The maximum atomic E-state index is 11.7. The van der Waals surface area contributed by atoms with Gasteiger partial charge in [-0.05, 0) is 20.0 Å². The van der Waals surface area contributed by atoms with E-state index in [4.69, 9.17) is 5.11 Å². The molecule has 0 atom stereocenters. The number of rotatable bonds is 6. The van der Waals surface area contributed by atoms with Crippen LogP contribution in [0.5, 0.6) is 0 Å². The molecule has 0 rings (SSSR count). The Morgan fingerprint density at radius 1 is 1.40 bits per heavy atom. The van der Waals surface area contributed by atoms with Gasteiger partial charge in [-0.2, -0.15) is 13.2 Å². The van der Waals surface area contributed by atoms with E-state index in [1.807, 2.05) is 0 Å². The zero-order valence-electron chi connectivity index (χ0n) is 8.47. The molecular weight excluding hydrogens is 213 g/mol. The fourth-order valence-electron chi connectivity index (χ4n) is 0.934. The molecule has 15 heavy (non-hydrogen) atoms. The number of aliphatic hydroxyl groups is 1. The number of hydrogen-bond acceptors (Lipinski definition) is 3. The van der Waals surface area contributed by atoms with Crippen molar-refractivity contribution in [3.8, 4) is 0 Å². The first kappa shape index (κ1) is 14.2. The molecule has 0 unspecified atom stereocenters. The Hall–Kier alpha value is -0.820. The lowest BCUT2D eigenvalue weighted by atomic mass is 10.4. The number of carbonyl (C=O) groups excluding carboxylic acids is 1. The Balaban J connectivity index is 3.51. The fourth-order valence-corrected chi connectivity index (χ4v) is 0.934. The van der Waals surface area contributed by atoms with Crippen LogP contribution in [0.25, 0.3) is 0 Å². The number of alkyl halides is 3. The van der Waals surface area contributed by atoms with Gasteiger partial charge in [0.2, 0.25) is 0 Å². The molecule has 1 amide bonds. The van der Waals surface area contributed by atoms with Crippen molar-refractivity contribution in [2.75, 3.05) is 33.3 Å². The van der Waals surface area contributed by atoms with Gasteiger partial charge in [0.15, 0.2) is 0 Å². The maximum absolute atomic E-state index is 11.7. The minimum absolute atomic E-state index is 0.00537. The van der Waals surface area contributed by atoms with E-state index < -0.39 is 12.1 Å². The maximum Gasteiger partial charge on any atom is 0.471 e. The highest BCUT2D eigenvalue weighted by Gasteiger charge is 2.38. The van der Waals surface area contributed by atoms with Crippen LogP contribution in [0.1, 0.15) is 6.42 Å². The summed E-state index contributed by atoms with van der Waals surface area (Å²) in [6, 6.07) is 0. The number of amides is 1. The SMILES string of the molecule is CN(CCO)CCCNC(=O)C(F)(F)F. The summed E-state index contributed by atoms with van der Waals surface area (Å²) in [6.45, 7) is 0.978. The highest BCUT2D eigenvalue weighted by molar-refractivity contribution is 5.81. The smallest absolute Gasteiger partial charge is 0.395 e. The Morgan fingerprint density at radius 2 is 2.00 bits per heavy atom. The number of nitrogens with one attached hydrogen (secondary N) is 1. The van der Waals surface area contributed by atoms with Crippen LogP contribution in [-0.4, -0.2) is 55.4 Å². The van der Waals surface area contributed by atoms with Crippen molar-refractivity contribution < 1.29 is 23.1 Å². The molecule has 2 N–H and O–H groups in total. The number of aliphatic hydroxyl groups excluding tert-OH is 1. The van der Waals surface area contributed by atoms with Gasteiger partial charge in [0.25, 0.3) is 0 Å². The summed E-state index contributed by atoms with van der Waals surface area (Å²) in [4.78, 5) is 12.1. The van der Waals surface area contributed by atoms with Gasteiger partial charge in [-0.3, -0.25) is 4.79 Å². The van der Waals surface area contributed by atoms with E-state index in [1.165, 1.54) is 0 Å². The molecule has 0 aromatic heterocycles. The van der Waals surface area contributed by atoms with Crippen molar-refractivity contribution >= 4 is 5.91 Å². The predicted molar refractivity (Wildman–Crippen MR) is 48.3 cm³/mol. The first-order valence-corrected chi connectivity index (χ1v) is 4.52. The summed E-state index contributed by atoms with van der Waals surface area (Å²) >= 11 is 0. The zero-order valence-corrected chi connectivity index (χ0v) is 8.47. The lowest BCUT2D eigenvalue weighted by molar-refractivity contribution is -0.173. The predicted octanol–water partition coefficient (Wildman–Crippen LogP) is -0.0209. The topological polar surface area (TPSA) is 52.6 Å². The molecule has 0 aromatic carbocycles. The number of halogens is 3. The minimum atomic E-state index is -4.81. The van der Waals surface area contributed by atoms with Crippen LogP contribution >= 0.6 is 0 Å². The molecule has 0 saturated carbocycles. The molecule has 0 aliphatic rings. The highest BCUT2D eigenvalue weighted by Crippen LogP contribution is 2.13. The molecule has 0 aliphatic carbocycles. The van der Waals surface area contributed by atoms with E-state index in [0.717, 1.165) is 0 Å². The van der Waals surface area contributed by atoms with Crippen LogP contribution in [0, 0.1) is 0 Å². The van der Waals surface area contributed by atoms with E-state index in [9.17, 15) is 18.0 Å². The second-order valence-corrected chi connectivity index (χ2v) is 3.13. The van der Waals surface area contributed by atoms with Crippen molar-refractivity contribution in [2.45, 2.75) is 12.6 Å². The quantitative estimate of drug-likeness (QED) is 0.628. The van der Waals surface area contributed by atoms with Gasteiger partial charge < -0.3 is 15.3 Å². The van der Waals surface area contributed by atoms with Gasteiger partial charge in [0.05, 0.1) is 6.61 Å². The van der Waals surface area contributed by atoms with E-state index in [0.29, 0.717) is 19.5 Å². The number of carbonyl (C=O) groups is 1. The molecule has 0 aliphatic heterocycles. The molecule has 7 heteroatoms. The standard InChI is InChI=1S/C8H15F3N2O2/c1-13(5-6-14)4-2-3-12-7(15)8(9,10)11/h14H,2-6H2,1H3,(H,12,15). The van der Waals surface area contributed by atoms with Gasteiger partial charge in [-0.25, -0.2) is 0 Å². The van der Waals surface area contributed by atoms with Crippen LogP contribution in [0.3, 0.4) is 0 Å². The third kappa shape index (κ3) is 7.15. The Morgan fingerprint density at radius 3 is 2.47 bits per heavy atom. The lowest BCUT2D eigenvalue weighted by Gasteiger charge is -2.15. The van der Waals surface area contributed by atoms with Crippen LogP contribution in [-0.2, 0) is 4.79 Å². The molecule has 0 heterocycles. The Labute approximate surface area is 86.1 Å². The van der Waals surface area contributed by atoms with E-state index >= 15 is 0 Å². The zero-order chi connectivity index (χ0) is 11.9. The molecule has 0 bridgehead atoms. The van der Waals surface area contributed by atoms with Crippen LogP contribution in [0.15, 0.2) is 0 Å². The largest absolute Gasteiger partial charge is 0.471 e. The average Bonchev–Trinajstić information content (AvgIpc) is 2.11. The van der Waals surface area contributed by atoms with Crippen molar-refractivity contribution in [1.82, 2.24) is 10.2 Å². The van der Waals surface area contributed by atoms with Gasteiger partial charge in [0, 0.05) is 13.1 Å². The molecule has 0 saturated heterocycles. The first-order valence-electron chi connectivity index (χ1n) is 4.52. The summed E-state index contributed by atoms with van der Waals surface area (Å²) < 4.78 is 35.1. The number of nitrogens with zero attached hydrogens (tertiary/aromatic N) is 1. The Bertz CT molecular complexity index is 197. The summed E-state index contributed by atoms with van der Waals surface area (Å²) in [5, 5.41) is 10.3. The molecule has 0 fully saturated rings. The third-order valence-electron chi connectivity index (χ3n) is 1.74. The monoisotopic (exact) mass is 228 g/mol. The molecule has 0 spiro atoms. The fraction of sp³-hybridized carbons (Fsp3) is 0.875. The molecule has 0 radical (unpaired) electrons. The second-order valence-electron chi connectivity index (χ2n) is 3.13. The highest BCUT2D eigenvalue weighted by atomic mass is 19.4. The molecule has 4 nitrogen and oxygen atoms in total. The summed E-state index contributed by atoms with van der Waals surface area (Å²) in [6.07, 6.45) is -4.39. The molecule has 90 valence electrons. The second kappa shape index (κ2) is 6.62. The average molecular weight is 228 g/mol.